The highest BCUT2D eigenvalue weighted by molar-refractivity contribution is 6.35. The Morgan fingerprint density at radius 3 is 2.75 bits per heavy atom. The van der Waals surface area contributed by atoms with Crippen LogP contribution in [0.3, 0.4) is 0 Å². The molecule has 100 valence electrons. The lowest BCUT2D eigenvalue weighted by Crippen LogP contribution is -2.15. The number of nitriles is 1. The monoisotopic (exact) mass is 289 g/mol. The van der Waals surface area contributed by atoms with Gasteiger partial charge in [-0.2, -0.15) is 5.26 Å². The quantitative estimate of drug-likeness (QED) is 0.833. The van der Waals surface area contributed by atoms with Gasteiger partial charge in [-0.3, -0.25) is 4.79 Å². The molecular formula is C14H9ClFN3O. The van der Waals surface area contributed by atoms with Crippen molar-refractivity contribution in [2.75, 3.05) is 11.1 Å². The number of hydrogen-bond donors (Lipinski definition) is 2. The van der Waals surface area contributed by atoms with Crippen LogP contribution in [0.5, 0.6) is 0 Å². The Bertz CT molecular complexity index is 705. The fraction of sp³-hybridized carbons (Fsp3) is 0. The van der Waals surface area contributed by atoms with Gasteiger partial charge in [0, 0.05) is 5.69 Å². The first-order valence-electron chi connectivity index (χ1n) is 5.58. The van der Waals surface area contributed by atoms with Crippen molar-refractivity contribution in [2.24, 2.45) is 0 Å². The lowest BCUT2D eigenvalue weighted by molar-refractivity contribution is 0.102. The second kappa shape index (κ2) is 5.59. The molecule has 0 spiro atoms. The standard InChI is InChI=1S/C14H9ClFN3O/c15-10-2-1-3-11(18)13(10)14(20)19-12-5-4-9(16)6-8(12)7-17/h1-6H,18H2,(H,19,20). The fourth-order valence-electron chi connectivity index (χ4n) is 1.68. The number of hydrogen-bond acceptors (Lipinski definition) is 3. The molecule has 0 atom stereocenters. The maximum atomic E-state index is 13.0. The lowest BCUT2D eigenvalue weighted by atomic mass is 10.1. The van der Waals surface area contributed by atoms with E-state index in [1.165, 1.54) is 18.2 Å². The van der Waals surface area contributed by atoms with Gasteiger partial charge in [0.15, 0.2) is 0 Å². The topological polar surface area (TPSA) is 78.9 Å². The zero-order chi connectivity index (χ0) is 14.7. The van der Waals surface area contributed by atoms with Gasteiger partial charge in [-0.1, -0.05) is 17.7 Å². The van der Waals surface area contributed by atoms with E-state index >= 15 is 0 Å². The summed E-state index contributed by atoms with van der Waals surface area (Å²) in [4.78, 5) is 12.1. The van der Waals surface area contributed by atoms with Crippen LogP contribution in [0.1, 0.15) is 15.9 Å². The average molecular weight is 290 g/mol. The molecule has 0 aliphatic heterocycles. The number of nitrogens with one attached hydrogen (secondary N) is 1. The summed E-state index contributed by atoms with van der Waals surface area (Å²) >= 11 is 5.92. The number of benzene rings is 2. The van der Waals surface area contributed by atoms with Crippen molar-refractivity contribution in [1.82, 2.24) is 0 Å². The van der Waals surface area contributed by atoms with Crippen molar-refractivity contribution in [3.05, 3.63) is 58.4 Å². The van der Waals surface area contributed by atoms with Crippen LogP contribution in [-0.4, -0.2) is 5.91 Å². The summed E-state index contributed by atoms with van der Waals surface area (Å²) in [5.74, 6) is -1.12. The van der Waals surface area contributed by atoms with Crippen molar-refractivity contribution in [3.63, 3.8) is 0 Å². The van der Waals surface area contributed by atoms with Crippen molar-refractivity contribution < 1.29 is 9.18 Å². The predicted molar refractivity (Wildman–Crippen MR) is 74.9 cm³/mol. The van der Waals surface area contributed by atoms with Crippen LogP contribution in [-0.2, 0) is 0 Å². The second-order valence-electron chi connectivity index (χ2n) is 3.96. The van der Waals surface area contributed by atoms with Gasteiger partial charge >= 0.3 is 0 Å². The SMILES string of the molecule is N#Cc1cc(F)ccc1NC(=O)c1c(N)cccc1Cl. The summed E-state index contributed by atoms with van der Waals surface area (Å²) in [6.07, 6.45) is 0. The van der Waals surface area contributed by atoms with Gasteiger partial charge in [0.25, 0.3) is 5.91 Å². The maximum Gasteiger partial charge on any atom is 0.259 e. The third-order valence-electron chi connectivity index (χ3n) is 2.62. The molecule has 2 aromatic rings. The summed E-state index contributed by atoms with van der Waals surface area (Å²) in [5, 5.41) is 11.6. The van der Waals surface area contributed by atoms with Crippen molar-refractivity contribution in [1.29, 1.82) is 5.26 Å². The van der Waals surface area contributed by atoms with Crippen molar-refractivity contribution in [2.45, 2.75) is 0 Å². The van der Waals surface area contributed by atoms with Gasteiger partial charge in [-0.05, 0) is 30.3 Å². The molecule has 2 rings (SSSR count). The van der Waals surface area contributed by atoms with E-state index in [0.717, 1.165) is 12.1 Å². The number of anilines is 2. The van der Waals surface area contributed by atoms with Crippen molar-refractivity contribution >= 4 is 28.9 Å². The number of carbonyl (C=O) groups is 1. The Morgan fingerprint density at radius 1 is 1.35 bits per heavy atom. The van der Waals surface area contributed by atoms with Gasteiger partial charge < -0.3 is 11.1 Å². The molecule has 1 amide bonds. The summed E-state index contributed by atoms with van der Waals surface area (Å²) in [7, 11) is 0. The minimum absolute atomic E-state index is 0.0176. The van der Waals surface area contributed by atoms with Crippen LogP contribution in [0, 0.1) is 17.1 Å². The van der Waals surface area contributed by atoms with Crippen LogP contribution >= 0.6 is 11.6 Å². The van der Waals surface area contributed by atoms with E-state index in [2.05, 4.69) is 5.32 Å². The van der Waals surface area contributed by atoms with Gasteiger partial charge in [0.2, 0.25) is 0 Å². The Hall–Kier alpha value is -2.58. The molecule has 6 heteroatoms. The molecular weight excluding hydrogens is 281 g/mol. The Balaban J connectivity index is 2.36. The summed E-state index contributed by atoms with van der Waals surface area (Å²) < 4.78 is 13.0. The second-order valence-corrected chi connectivity index (χ2v) is 4.37. The zero-order valence-electron chi connectivity index (χ0n) is 10.2. The van der Waals surface area contributed by atoms with E-state index < -0.39 is 11.7 Å². The average Bonchev–Trinajstić information content (AvgIpc) is 2.40. The number of nitrogen functional groups attached to an aromatic ring is 1. The molecule has 0 radical (unpaired) electrons. The molecule has 20 heavy (non-hydrogen) atoms. The zero-order valence-corrected chi connectivity index (χ0v) is 10.9. The van der Waals surface area contributed by atoms with Crippen LogP contribution in [0.4, 0.5) is 15.8 Å². The Morgan fingerprint density at radius 2 is 2.10 bits per heavy atom. The third-order valence-corrected chi connectivity index (χ3v) is 2.94. The first-order chi connectivity index (χ1) is 9.52. The molecule has 0 aromatic heterocycles. The molecule has 3 N–H and O–H groups in total. The van der Waals surface area contributed by atoms with E-state index in [0.29, 0.717) is 0 Å². The first-order valence-corrected chi connectivity index (χ1v) is 5.95. The van der Waals surface area contributed by atoms with Gasteiger partial charge in [-0.15, -0.1) is 0 Å². The Kier molecular flexibility index (Phi) is 3.87. The lowest BCUT2D eigenvalue weighted by Gasteiger charge is -2.10. The highest BCUT2D eigenvalue weighted by atomic mass is 35.5. The summed E-state index contributed by atoms with van der Waals surface area (Å²) in [6.45, 7) is 0. The van der Waals surface area contributed by atoms with Crippen LogP contribution < -0.4 is 11.1 Å². The number of carbonyl (C=O) groups excluding carboxylic acids is 1. The number of amides is 1. The number of rotatable bonds is 2. The number of nitrogens with zero attached hydrogens (tertiary/aromatic N) is 1. The van der Waals surface area contributed by atoms with E-state index in [1.807, 2.05) is 0 Å². The van der Waals surface area contributed by atoms with Crippen molar-refractivity contribution in [3.8, 4) is 6.07 Å². The molecule has 0 bridgehead atoms. The van der Waals surface area contributed by atoms with Crippen LogP contribution in [0.2, 0.25) is 5.02 Å². The molecule has 0 aliphatic carbocycles. The third kappa shape index (κ3) is 2.71. The molecule has 0 heterocycles. The van der Waals surface area contributed by atoms with Crippen LogP contribution in [0.15, 0.2) is 36.4 Å². The van der Waals surface area contributed by atoms with E-state index in [9.17, 15) is 9.18 Å². The Labute approximate surface area is 119 Å². The number of nitrogens with two attached hydrogens (primary N) is 1. The summed E-state index contributed by atoms with van der Waals surface area (Å²) in [6, 6.07) is 9.97. The largest absolute Gasteiger partial charge is 0.398 e. The normalized spacial score (nSPS) is 9.85. The minimum atomic E-state index is -0.559. The van der Waals surface area contributed by atoms with E-state index in [4.69, 9.17) is 22.6 Å². The fourth-order valence-corrected chi connectivity index (χ4v) is 1.95. The molecule has 0 saturated heterocycles. The van der Waals surface area contributed by atoms with Gasteiger partial charge in [0.05, 0.1) is 21.8 Å². The van der Waals surface area contributed by atoms with E-state index in [1.54, 1.807) is 12.1 Å². The van der Waals surface area contributed by atoms with Gasteiger partial charge in [0.1, 0.15) is 11.9 Å². The van der Waals surface area contributed by atoms with E-state index in [-0.39, 0.29) is 27.5 Å². The first kappa shape index (κ1) is 13.8. The van der Waals surface area contributed by atoms with Crippen LogP contribution in [0.25, 0.3) is 0 Å². The molecule has 0 aliphatic rings. The molecule has 0 fully saturated rings. The smallest absolute Gasteiger partial charge is 0.259 e. The molecule has 0 unspecified atom stereocenters. The van der Waals surface area contributed by atoms with Gasteiger partial charge in [-0.25, -0.2) is 4.39 Å². The minimum Gasteiger partial charge on any atom is -0.398 e. The summed E-state index contributed by atoms with van der Waals surface area (Å²) in [5.41, 5.74) is 6.24. The molecule has 2 aromatic carbocycles. The number of halogens is 2. The molecule has 0 saturated carbocycles. The molecule has 4 nitrogen and oxygen atoms in total. The highest BCUT2D eigenvalue weighted by Gasteiger charge is 2.15. The highest BCUT2D eigenvalue weighted by Crippen LogP contribution is 2.24. The maximum absolute atomic E-state index is 13.0. The predicted octanol–water partition coefficient (Wildman–Crippen LogP) is 3.19.